The molecule has 0 unspecified atom stereocenters. The smallest absolute Gasteiger partial charge is 0.226 e. The minimum Gasteiger partial charge on any atom is -0.411 e. The van der Waals surface area contributed by atoms with E-state index in [1.807, 2.05) is 0 Å². The fourth-order valence-corrected chi connectivity index (χ4v) is 4.30. The van der Waals surface area contributed by atoms with Crippen LogP contribution >= 0.6 is 15.9 Å². The molecule has 0 radical (unpaired) electrons. The number of carbonyl (C=O) groups is 1. The molecule has 34 heavy (non-hydrogen) atoms. The number of nitrogens with zero attached hydrogens (tertiary/aromatic N) is 4. The van der Waals surface area contributed by atoms with Gasteiger partial charge in [0, 0.05) is 25.9 Å². The number of nitrogens with two attached hydrogens (primary N) is 1. The van der Waals surface area contributed by atoms with Crippen LogP contribution in [0.4, 0.5) is 10.2 Å². The van der Waals surface area contributed by atoms with Gasteiger partial charge in [-0.2, -0.15) is 0 Å². The Labute approximate surface area is 205 Å². The van der Waals surface area contributed by atoms with Gasteiger partial charge in [-0.15, -0.1) is 0 Å². The van der Waals surface area contributed by atoms with Gasteiger partial charge in [-0.3, -0.25) is 15.1 Å². The molecule has 0 aliphatic heterocycles. The van der Waals surface area contributed by atoms with Crippen molar-refractivity contribution in [1.29, 1.82) is 0 Å². The summed E-state index contributed by atoms with van der Waals surface area (Å²) in [4.78, 5) is 16.3. The van der Waals surface area contributed by atoms with E-state index in [2.05, 4.69) is 47.0 Å². The van der Waals surface area contributed by atoms with E-state index >= 15 is 0 Å². The predicted molar refractivity (Wildman–Crippen MR) is 129 cm³/mol. The van der Waals surface area contributed by atoms with Crippen molar-refractivity contribution in [2.45, 2.75) is 51.4 Å². The summed E-state index contributed by atoms with van der Waals surface area (Å²) >= 11 is 3.14. The first-order chi connectivity index (χ1) is 16.5. The van der Waals surface area contributed by atoms with Gasteiger partial charge in [-0.1, -0.05) is 30.5 Å². The highest BCUT2D eigenvalue weighted by Gasteiger charge is 2.19. The molecule has 2 aromatic rings. The molecule has 184 valence electrons. The van der Waals surface area contributed by atoms with Gasteiger partial charge in [-0.25, -0.2) is 9.02 Å². The highest BCUT2D eigenvalue weighted by molar-refractivity contribution is 9.10. The summed E-state index contributed by atoms with van der Waals surface area (Å²) in [5.74, 6) is 0.391. The summed E-state index contributed by atoms with van der Waals surface area (Å²) in [5, 5.41) is 26.1. The lowest BCUT2D eigenvalue weighted by atomic mass is 9.87. The minimum absolute atomic E-state index is 0.0893. The third-order valence-electron chi connectivity index (χ3n) is 5.61. The Morgan fingerprint density at radius 2 is 2.09 bits per heavy atom. The first kappa shape index (κ1) is 25.6. The van der Waals surface area contributed by atoms with Crippen molar-refractivity contribution in [3.05, 3.63) is 39.7 Å². The zero-order chi connectivity index (χ0) is 24.3. The topological polar surface area (TPSA) is 151 Å². The molecule has 1 aliphatic rings. The quantitative estimate of drug-likeness (QED) is 0.119. The van der Waals surface area contributed by atoms with Gasteiger partial charge in [-0.05, 0) is 69.1 Å². The van der Waals surface area contributed by atoms with Crippen molar-refractivity contribution in [3.63, 3.8) is 0 Å². The standard InChI is InChI=1S/C22H29BrFN7O3/c23-16-11-15(7-8-17(16)24)12-18(29-33)20-21(31-34-30-20)26-9-4-10-27-22(25)28-19(32)13-14-5-2-1-3-6-14/h7-8,11,14,33H,1-6,9-10,12-13H2,(H,26,31)(H3,25,27,28,32)/b29-18+. The number of carbonyl (C=O) groups excluding carboxylic acids is 1. The van der Waals surface area contributed by atoms with Crippen LogP contribution in [0.15, 0.2) is 37.4 Å². The molecule has 0 bridgehead atoms. The Hall–Kier alpha value is -3.02. The number of halogens is 2. The molecule has 1 fully saturated rings. The minimum atomic E-state index is -0.385. The Morgan fingerprint density at radius 1 is 1.29 bits per heavy atom. The number of oxime groups is 1. The number of rotatable bonds is 10. The summed E-state index contributed by atoms with van der Waals surface area (Å²) in [6.45, 7) is 0.864. The van der Waals surface area contributed by atoms with Crippen LogP contribution in [0.1, 0.15) is 56.2 Å². The summed E-state index contributed by atoms with van der Waals surface area (Å²) in [6.07, 6.45) is 7.10. The molecule has 12 heteroatoms. The number of anilines is 1. The van der Waals surface area contributed by atoms with Gasteiger partial charge < -0.3 is 16.3 Å². The Balaban J connectivity index is 1.43. The molecule has 5 N–H and O–H groups in total. The van der Waals surface area contributed by atoms with Crippen LogP contribution in [-0.2, 0) is 11.2 Å². The molecule has 1 heterocycles. The molecule has 10 nitrogen and oxygen atoms in total. The Kier molecular flexibility index (Phi) is 9.80. The lowest BCUT2D eigenvalue weighted by molar-refractivity contribution is -0.120. The number of benzene rings is 1. The third-order valence-corrected chi connectivity index (χ3v) is 6.22. The molecule has 1 aromatic heterocycles. The maximum atomic E-state index is 13.5. The highest BCUT2D eigenvalue weighted by atomic mass is 79.9. The van der Waals surface area contributed by atoms with Gasteiger partial charge in [0.2, 0.25) is 5.91 Å². The van der Waals surface area contributed by atoms with Crippen LogP contribution in [0.5, 0.6) is 0 Å². The lowest BCUT2D eigenvalue weighted by Gasteiger charge is -2.20. The molecule has 1 aliphatic carbocycles. The number of hydrogen-bond donors (Lipinski definition) is 4. The fourth-order valence-electron chi connectivity index (χ4n) is 3.88. The summed E-state index contributed by atoms with van der Waals surface area (Å²) in [5.41, 5.74) is 7.00. The third kappa shape index (κ3) is 7.79. The molecule has 0 atom stereocenters. The summed E-state index contributed by atoms with van der Waals surface area (Å²) < 4.78 is 18.6. The molecule has 0 saturated heterocycles. The van der Waals surface area contributed by atoms with E-state index in [9.17, 15) is 14.4 Å². The van der Waals surface area contributed by atoms with E-state index < -0.39 is 0 Å². The van der Waals surface area contributed by atoms with E-state index in [1.165, 1.54) is 25.3 Å². The molecule has 1 saturated carbocycles. The SMILES string of the molecule is NC(=NCCCNc1nonc1/C(Cc1ccc(F)c(Br)c1)=N/O)NC(=O)CC1CCCCC1. The van der Waals surface area contributed by atoms with Crippen LogP contribution in [0, 0.1) is 11.7 Å². The van der Waals surface area contributed by atoms with Gasteiger partial charge in [0.15, 0.2) is 17.5 Å². The molecule has 1 amide bonds. The van der Waals surface area contributed by atoms with Crippen molar-refractivity contribution >= 4 is 39.3 Å². The highest BCUT2D eigenvalue weighted by Crippen LogP contribution is 2.26. The van der Waals surface area contributed by atoms with Crippen molar-refractivity contribution in [2.75, 3.05) is 18.4 Å². The number of amides is 1. The number of guanidine groups is 1. The van der Waals surface area contributed by atoms with E-state index in [1.54, 1.807) is 12.1 Å². The molecule has 0 spiro atoms. The number of aromatic nitrogens is 2. The normalized spacial score (nSPS) is 15.4. The average Bonchev–Trinajstić information content (AvgIpc) is 3.28. The number of hydrogen-bond acceptors (Lipinski definition) is 8. The van der Waals surface area contributed by atoms with Crippen LogP contribution in [0.3, 0.4) is 0 Å². The van der Waals surface area contributed by atoms with Gasteiger partial charge in [0.1, 0.15) is 11.5 Å². The van der Waals surface area contributed by atoms with Crippen molar-refractivity contribution in [1.82, 2.24) is 15.6 Å². The van der Waals surface area contributed by atoms with Crippen LogP contribution in [0.2, 0.25) is 0 Å². The maximum absolute atomic E-state index is 13.5. The molecule has 1 aromatic carbocycles. The molecular weight excluding hydrogens is 509 g/mol. The van der Waals surface area contributed by atoms with Crippen molar-refractivity contribution in [3.8, 4) is 0 Å². The summed E-state index contributed by atoms with van der Waals surface area (Å²) in [7, 11) is 0. The van der Waals surface area contributed by atoms with Crippen LogP contribution in [0.25, 0.3) is 0 Å². The van der Waals surface area contributed by atoms with Gasteiger partial charge >= 0.3 is 0 Å². The van der Waals surface area contributed by atoms with E-state index in [-0.39, 0.29) is 35.5 Å². The Morgan fingerprint density at radius 3 is 2.82 bits per heavy atom. The fraction of sp³-hybridized carbons (Fsp3) is 0.500. The average molecular weight is 538 g/mol. The molecule has 3 rings (SSSR count). The monoisotopic (exact) mass is 537 g/mol. The lowest BCUT2D eigenvalue weighted by Crippen LogP contribution is -2.38. The maximum Gasteiger partial charge on any atom is 0.226 e. The van der Waals surface area contributed by atoms with E-state index in [0.717, 1.165) is 12.8 Å². The van der Waals surface area contributed by atoms with Crippen LogP contribution in [-0.4, -0.2) is 46.2 Å². The second kappa shape index (κ2) is 13.0. The van der Waals surface area contributed by atoms with E-state index in [0.29, 0.717) is 47.7 Å². The first-order valence-electron chi connectivity index (χ1n) is 11.3. The Bertz CT molecular complexity index is 1020. The van der Waals surface area contributed by atoms with Gasteiger partial charge in [0.25, 0.3) is 0 Å². The second-order valence-electron chi connectivity index (χ2n) is 8.24. The number of nitrogens with one attached hydrogen (secondary N) is 2. The zero-order valence-electron chi connectivity index (χ0n) is 18.8. The largest absolute Gasteiger partial charge is 0.411 e. The zero-order valence-corrected chi connectivity index (χ0v) is 20.4. The second-order valence-corrected chi connectivity index (χ2v) is 9.09. The van der Waals surface area contributed by atoms with Gasteiger partial charge in [0.05, 0.1) is 4.47 Å². The predicted octanol–water partition coefficient (Wildman–Crippen LogP) is 3.60. The van der Waals surface area contributed by atoms with Crippen molar-refractivity contribution in [2.24, 2.45) is 21.8 Å². The number of aliphatic imine (C=N–C) groups is 1. The van der Waals surface area contributed by atoms with Crippen molar-refractivity contribution < 1.29 is 19.0 Å². The first-order valence-corrected chi connectivity index (χ1v) is 12.1. The van der Waals surface area contributed by atoms with E-state index in [4.69, 9.17) is 10.4 Å². The molecular formula is C22H29BrFN7O3. The summed E-state index contributed by atoms with van der Waals surface area (Å²) in [6, 6.07) is 4.50. The van der Waals surface area contributed by atoms with Crippen LogP contribution < -0.4 is 16.4 Å².